The summed E-state index contributed by atoms with van der Waals surface area (Å²) in [5.41, 5.74) is 2.12. The monoisotopic (exact) mass is 431 g/mol. The predicted octanol–water partition coefficient (Wildman–Crippen LogP) is 3.96. The normalized spacial score (nSPS) is 21.0. The fourth-order valence-corrected chi connectivity index (χ4v) is 4.15. The van der Waals surface area contributed by atoms with E-state index in [-0.39, 0.29) is 11.6 Å². The Hall–Kier alpha value is -2.48. The quantitative estimate of drug-likeness (QED) is 0.773. The molecule has 168 valence electrons. The first-order chi connectivity index (χ1) is 15.0. The highest BCUT2D eigenvalue weighted by Gasteiger charge is 2.34. The van der Waals surface area contributed by atoms with Crippen molar-refractivity contribution in [3.63, 3.8) is 0 Å². The van der Waals surface area contributed by atoms with Crippen molar-refractivity contribution in [1.29, 1.82) is 0 Å². The van der Waals surface area contributed by atoms with Crippen LogP contribution in [-0.4, -0.2) is 56.5 Å². The predicted molar refractivity (Wildman–Crippen MR) is 116 cm³/mol. The first-order valence-electron chi connectivity index (χ1n) is 10.5. The SMILES string of the molecule is COc1cc(-c2ccc(F)cc2)cc(OC)c1C1C(=O)CCCN(OC)CCCC1O. The van der Waals surface area contributed by atoms with Crippen molar-refractivity contribution in [2.24, 2.45) is 0 Å². The second-order valence-corrected chi connectivity index (χ2v) is 7.67. The van der Waals surface area contributed by atoms with E-state index in [0.717, 1.165) is 11.1 Å². The van der Waals surface area contributed by atoms with E-state index >= 15 is 0 Å². The van der Waals surface area contributed by atoms with E-state index in [1.54, 1.807) is 31.4 Å². The van der Waals surface area contributed by atoms with Gasteiger partial charge in [0.05, 0.1) is 33.4 Å². The maximum atomic E-state index is 13.3. The second kappa shape index (κ2) is 10.7. The number of carbonyl (C=O) groups excluding carboxylic acids is 1. The minimum absolute atomic E-state index is 0.0587. The van der Waals surface area contributed by atoms with E-state index in [1.807, 2.05) is 5.06 Å². The molecule has 6 nitrogen and oxygen atoms in total. The number of benzene rings is 2. The van der Waals surface area contributed by atoms with Gasteiger partial charge >= 0.3 is 0 Å². The number of ketones is 1. The summed E-state index contributed by atoms with van der Waals surface area (Å²) in [6.07, 6.45) is 1.21. The molecule has 1 N–H and O–H groups in total. The van der Waals surface area contributed by atoms with E-state index in [0.29, 0.717) is 55.8 Å². The Balaban J connectivity index is 2.02. The van der Waals surface area contributed by atoms with Crippen LogP contribution in [-0.2, 0) is 9.63 Å². The summed E-state index contributed by atoms with van der Waals surface area (Å²) in [6.45, 7) is 1.34. The van der Waals surface area contributed by atoms with Crippen LogP contribution in [0.4, 0.5) is 4.39 Å². The molecule has 2 unspecified atom stereocenters. The molecule has 2 aromatic carbocycles. The van der Waals surface area contributed by atoms with Gasteiger partial charge in [0.25, 0.3) is 0 Å². The van der Waals surface area contributed by atoms with Gasteiger partial charge in [-0.15, -0.1) is 0 Å². The number of ether oxygens (including phenoxy) is 2. The summed E-state index contributed by atoms with van der Waals surface area (Å²) >= 11 is 0. The average molecular weight is 432 g/mol. The van der Waals surface area contributed by atoms with Gasteiger partial charge in [-0.2, -0.15) is 5.06 Å². The van der Waals surface area contributed by atoms with Gasteiger partial charge in [0, 0.05) is 25.1 Å². The minimum atomic E-state index is -0.872. The molecule has 1 aliphatic rings. The van der Waals surface area contributed by atoms with Gasteiger partial charge < -0.3 is 19.4 Å². The van der Waals surface area contributed by atoms with Crippen molar-refractivity contribution < 1.29 is 28.6 Å². The molecule has 3 rings (SSSR count). The van der Waals surface area contributed by atoms with Crippen molar-refractivity contribution in [2.45, 2.75) is 37.7 Å². The number of aliphatic hydroxyl groups is 1. The molecule has 1 aliphatic heterocycles. The Kier molecular flexibility index (Phi) is 8.01. The highest BCUT2D eigenvalue weighted by atomic mass is 19.1. The summed E-state index contributed by atoms with van der Waals surface area (Å²) in [7, 11) is 4.67. The largest absolute Gasteiger partial charge is 0.496 e. The first-order valence-corrected chi connectivity index (χ1v) is 10.5. The molecular weight excluding hydrogens is 401 g/mol. The molecule has 0 aromatic heterocycles. The number of carbonyl (C=O) groups is 1. The van der Waals surface area contributed by atoms with Crippen LogP contribution in [0.1, 0.15) is 37.2 Å². The van der Waals surface area contributed by atoms with Crippen LogP contribution in [0.15, 0.2) is 36.4 Å². The van der Waals surface area contributed by atoms with E-state index in [4.69, 9.17) is 14.3 Å². The van der Waals surface area contributed by atoms with Gasteiger partial charge in [0.15, 0.2) is 0 Å². The van der Waals surface area contributed by atoms with Crippen molar-refractivity contribution in [1.82, 2.24) is 5.06 Å². The number of hydrogen-bond donors (Lipinski definition) is 1. The van der Waals surface area contributed by atoms with Crippen LogP contribution in [0.25, 0.3) is 11.1 Å². The second-order valence-electron chi connectivity index (χ2n) is 7.67. The molecule has 31 heavy (non-hydrogen) atoms. The zero-order valence-electron chi connectivity index (χ0n) is 18.3. The lowest BCUT2D eigenvalue weighted by atomic mass is 9.83. The molecule has 0 saturated carbocycles. The average Bonchev–Trinajstić information content (AvgIpc) is 2.78. The third-order valence-corrected chi connectivity index (χ3v) is 5.76. The Morgan fingerprint density at radius 2 is 1.58 bits per heavy atom. The van der Waals surface area contributed by atoms with Crippen molar-refractivity contribution >= 4 is 5.78 Å². The number of methoxy groups -OCH3 is 2. The molecule has 2 atom stereocenters. The topological polar surface area (TPSA) is 68.2 Å². The molecule has 0 aliphatic carbocycles. The smallest absolute Gasteiger partial charge is 0.143 e. The molecule has 2 aromatic rings. The van der Waals surface area contributed by atoms with Gasteiger partial charge in [-0.3, -0.25) is 4.79 Å². The molecule has 0 bridgehead atoms. The zero-order valence-corrected chi connectivity index (χ0v) is 18.3. The van der Waals surface area contributed by atoms with E-state index in [9.17, 15) is 14.3 Å². The number of aliphatic hydroxyl groups excluding tert-OH is 1. The van der Waals surface area contributed by atoms with Crippen molar-refractivity contribution in [2.75, 3.05) is 34.4 Å². The third kappa shape index (κ3) is 5.42. The highest BCUT2D eigenvalue weighted by Crippen LogP contribution is 2.42. The Labute approximate surface area is 182 Å². The molecule has 1 heterocycles. The zero-order chi connectivity index (χ0) is 22.4. The van der Waals surface area contributed by atoms with Gasteiger partial charge in [-0.25, -0.2) is 4.39 Å². The maximum Gasteiger partial charge on any atom is 0.143 e. The number of hydrogen-bond acceptors (Lipinski definition) is 6. The summed E-state index contributed by atoms with van der Waals surface area (Å²) in [5, 5.41) is 12.8. The van der Waals surface area contributed by atoms with E-state index < -0.39 is 12.0 Å². The number of hydroxylamine groups is 2. The Morgan fingerprint density at radius 1 is 0.968 bits per heavy atom. The van der Waals surface area contributed by atoms with E-state index in [2.05, 4.69) is 0 Å². The molecule has 7 heteroatoms. The minimum Gasteiger partial charge on any atom is -0.496 e. The summed E-state index contributed by atoms with van der Waals surface area (Å²) in [4.78, 5) is 18.5. The number of rotatable bonds is 5. The Morgan fingerprint density at radius 3 is 2.16 bits per heavy atom. The van der Waals surface area contributed by atoms with Crippen LogP contribution < -0.4 is 9.47 Å². The Bertz CT molecular complexity index is 861. The van der Waals surface area contributed by atoms with E-state index in [1.165, 1.54) is 26.4 Å². The highest BCUT2D eigenvalue weighted by molar-refractivity contribution is 5.88. The van der Waals surface area contributed by atoms with Crippen molar-refractivity contribution in [3.05, 3.63) is 47.8 Å². The molecule has 0 spiro atoms. The van der Waals surface area contributed by atoms with Crippen LogP contribution in [0, 0.1) is 5.82 Å². The van der Waals surface area contributed by atoms with Gasteiger partial charge in [-0.1, -0.05) is 12.1 Å². The lowest BCUT2D eigenvalue weighted by Crippen LogP contribution is -2.32. The number of halogens is 1. The van der Waals surface area contributed by atoms with Gasteiger partial charge in [-0.05, 0) is 54.7 Å². The molecule has 0 amide bonds. The number of Topliss-reactive ketones (excluding diaryl/α,β-unsaturated/α-hetero) is 1. The fourth-order valence-electron chi connectivity index (χ4n) is 4.15. The summed E-state index contributed by atoms with van der Waals surface area (Å²) < 4.78 is 24.6. The lowest BCUT2D eigenvalue weighted by Gasteiger charge is -2.29. The van der Waals surface area contributed by atoms with Crippen LogP contribution in [0.3, 0.4) is 0 Å². The molecule has 0 radical (unpaired) electrons. The maximum absolute atomic E-state index is 13.3. The first kappa shape index (κ1) is 23.2. The third-order valence-electron chi connectivity index (χ3n) is 5.76. The summed E-state index contributed by atoms with van der Waals surface area (Å²) in [6, 6.07) is 9.73. The standard InChI is InChI=1S/C24H30FNO5/c1-29-21-14-17(16-8-10-18(25)11-9-16)15-22(30-2)24(21)23-19(27)6-4-12-26(31-3)13-5-7-20(23)28/h8-11,14-15,19,23,27H,4-7,12-13H2,1-3H3. The molecule has 1 fully saturated rings. The summed E-state index contributed by atoms with van der Waals surface area (Å²) in [5.74, 6) is -0.197. The van der Waals surface area contributed by atoms with Crippen molar-refractivity contribution in [3.8, 4) is 22.6 Å². The van der Waals surface area contributed by atoms with Gasteiger partial charge in [0.2, 0.25) is 0 Å². The molecular formula is C24H30FNO5. The lowest BCUT2D eigenvalue weighted by molar-refractivity contribution is -0.138. The van der Waals surface area contributed by atoms with Crippen LogP contribution in [0.5, 0.6) is 11.5 Å². The number of nitrogens with zero attached hydrogens (tertiary/aromatic N) is 1. The molecule has 1 saturated heterocycles. The fraction of sp³-hybridized carbons (Fsp3) is 0.458. The van der Waals surface area contributed by atoms with Crippen LogP contribution >= 0.6 is 0 Å². The van der Waals surface area contributed by atoms with Crippen LogP contribution in [0.2, 0.25) is 0 Å². The van der Waals surface area contributed by atoms with Gasteiger partial charge in [0.1, 0.15) is 23.1 Å².